The highest BCUT2D eigenvalue weighted by Crippen LogP contribution is 2.31. The number of aryl methyl sites for hydroxylation is 1. The Labute approximate surface area is 232 Å². The van der Waals surface area contributed by atoms with E-state index in [1.165, 1.54) is 4.57 Å². The van der Waals surface area contributed by atoms with Gasteiger partial charge in [-0.2, -0.15) is 4.98 Å². The van der Waals surface area contributed by atoms with Gasteiger partial charge in [-0.15, -0.1) is 0 Å². The summed E-state index contributed by atoms with van der Waals surface area (Å²) in [6, 6.07) is 13.0. The first-order valence-corrected chi connectivity index (χ1v) is 13.5. The molecule has 0 radical (unpaired) electrons. The highest BCUT2D eigenvalue weighted by Gasteiger charge is 2.15. The van der Waals surface area contributed by atoms with Gasteiger partial charge in [0.2, 0.25) is 0 Å². The number of nitrogens with zero attached hydrogens (tertiary/aromatic N) is 3. The first-order valence-electron chi connectivity index (χ1n) is 13.1. The molecule has 0 amide bonds. The van der Waals surface area contributed by atoms with Crippen LogP contribution in [0.2, 0.25) is 5.02 Å². The minimum atomic E-state index is -0.513. The highest BCUT2D eigenvalue weighted by atomic mass is 35.5. The second kappa shape index (κ2) is 13.0. The van der Waals surface area contributed by atoms with Crippen LogP contribution in [0.25, 0.3) is 28.0 Å². The van der Waals surface area contributed by atoms with Crippen molar-refractivity contribution >= 4 is 28.5 Å². The Balaban J connectivity index is 1.51. The van der Waals surface area contributed by atoms with Crippen molar-refractivity contribution in [2.24, 2.45) is 16.5 Å². The molecule has 0 bridgehead atoms. The Morgan fingerprint density at radius 3 is 2.69 bits per heavy atom. The van der Waals surface area contributed by atoms with Crippen molar-refractivity contribution in [3.63, 3.8) is 0 Å². The monoisotopic (exact) mass is 551 g/mol. The van der Waals surface area contributed by atoms with E-state index in [0.717, 1.165) is 43.4 Å². The van der Waals surface area contributed by atoms with Crippen LogP contribution in [0.5, 0.6) is 0 Å². The Kier molecular flexibility index (Phi) is 9.50. The van der Waals surface area contributed by atoms with E-state index in [1.54, 1.807) is 31.3 Å². The van der Waals surface area contributed by atoms with E-state index in [9.17, 15) is 4.79 Å². The number of benzene rings is 2. The number of aromatic amines is 1. The molecule has 206 valence electrons. The SMILES string of the molecule is CC(N)=NCCCNCc1ccc(-n2cc3cc(-c4cc(CCCC(C)N)cc(Cl)c4F)[nH]c3nc2=O)cc1. The van der Waals surface area contributed by atoms with Crippen LogP contribution >= 0.6 is 11.6 Å². The molecule has 2 heterocycles. The van der Waals surface area contributed by atoms with Gasteiger partial charge in [0.15, 0.2) is 5.82 Å². The van der Waals surface area contributed by atoms with Gasteiger partial charge in [-0.25, -0.2) is 9.18 Å². The van der Waals surface area contributed by atoms with E-state index in [2.05, 4.69) is 20.3 Å². The van der Waals surface area contributed by atoms with Gasteiger partial charge in [-0.1, -0.05) is 23.7 Å². The van der Waals surface area contributed by atoms with Crippen LogP contribution in [0, 0.1) is 5.82 Å². The standard InChI is InChI=1S/C29H35ClFN7O/c1-18(32)5-3-6-21-13-24(27(31)25(30)14-21)26-15-22-17-38(29(39)37-28(22)36-26)23-9-7-20(8-10-23)16-34-11-4-12-35-19(2)33/h7-10,13-15,17-18,34H,3-6,11-12,16,32H2,1-2H3,(H2,33,35)(H,36,37,39). The lowest BCUT2D eigenvalue weighted by molar-refractivity contribution is 0.618. The molecule has 8 nitrogen and oxygen atoms in total. The lowest BCUT2D eigenvalue weighted by atomic mass is 10.0. The average molecular weight is 552 g/mol. The zero-order valence-corrected chi connectivity index (χ0v) is 23.1. The van der Waals surface area contributed by atoms with Gasteiger partial charge in [-0.3, -0.25) is 9.56 Å². The van der Waals surface area contributed by atoms with Crippen molar-refractivity contribution in [3.05, 3.63) is 81.1 Å². The Morgan fingerprint density at radius 2 is 1.97 bits per heavy atom. The smallest absolute Gasteiger partial charge is 0.354 e. The van der Waals surface area contributed by atoms with Gasteiger partial charge in [0, 0.05) is 36.3 Å². The molecule has 1 unspecified atom stereocenters. The Bertz CT molecular complexity index is 1500. The second-order valence-electron chi connectivity index (χ2n) is 9.91. The van der Waals surface area contributed by atoms with Crippen LogP contribution in [0.4, 0.5) is 4.39 Å². The summed E-state index contributed by atoms with van der Waals surface area (Å²) in [6.07, 6.45) is 5.11. The predicted molar refractivity (Wildman–Crippen MR) is 157 cm³/mol. The molecule has 0 aliphatic rings. The molecule has 4 rings (SSSR count). The summed E-state index contributed by atoms with van der Waals surface area (Å²) in [4.78, 5) is 24.3. The number of hydrogen-bond donors (Lipinski definition) is 4. The van der Waals surface area contributed by atoms with E-state index in [4.69, 9.17) is 23.1 Å². The van der Waals surface area contributed by atoms with E-state index in [-0.39, 0.29) is 11.1 Å². The van der Waals surface area contributed by atoms with E-state index in [0.29, 0.717) is 46.9 Å². The lowest BCUT2D eigenvalue weighted by Crippen LogP contribution is -2.20. The molecule has 1 atom stereocenters. The van der Waals surface area contributed by atoms with E-state index in [1.807, 2.05) is 31.2 Å². The Hall–Kier alpha value is -3.53. The highest BCUT2D eigenvalue weighted by molar-refractivity contribution is 6.31. The summed E-state index contributed by atoms with van der Waals surface area (Å²) in [7, 11) is 0. The average Bonchev–Trinajstić information content (AvgIpc) is 3.30. The van der Waals surface area contributed by atoms with Gasteiger partial charge in [0.1, 0.15) is 5.65 Å². The van der Waals surface area contributed by atoms with Gasteiger partial charge in [-0.05, 0) is 87.5 Å². The van der Waals surface area contributed by atoms with Crippen molar-refractivity contribution in [3.8, 4) is 16.9 Å². The van der Waals surface area contributed by atoms with Crippen LogP contribution in [-0.2, 0) is 13.0 Å². The van der Waals surface area contributed by atoms with Crippen molar-refractivity contribution in [2.75, 3.05) is 13.1 Å². The van der Waals surface area contributed by atoms with E-state index < -0.39 is 11.5 Å². The first kappa shape index (κ1) is 28.5. The quantitative estimate of drug-likeness (QED) is 0.115. The molecule has 39 heavy (non-hydrogen) atoms. The molecule has 0 spiro atoms. The maximum atomic E-state index is 15.0. The van der Waals surface area contributed by atoms with Crippen molar-refractivity contribution in [1.29, 1.82) is 0 Å². The number of amidine groups is 1. The number of H-pyrrole nitrogens is 1. The molecule has 0 saturated carbocycles. The number of rotatable bonds is 12. The molecule has 4 aromatic rings. The topological polar surface area (TPSA) is 127 Å². The lowest BCUT2D eigenvalue weighted by Gasteiger charge is -2.09. The van der Waals surface area contributed by atoms with Crippen molar-refractivity contribution in [1.82, 2.24) is 19.9 Å². The van der Waals surface area contributed by atoms with Crippen LogP contribution in [0.1, 0.15) is 44.2 Å². The minimum absolute atomic E-state index is 0.0585. The van der Waals surface area contributed by atoms with Crippen LogP contribution < -0.4 is 22.5 Å². The van der Waals surface area contributed by atoms with Crippen LogP contribution in [0.15, 0.2) is 58.4 Å². The number of nitrogens with two attached hydrogens (primary N) is 2. The number of aromatic nitrogens is 3. The van der Waals surface area contributed by atoms with Gasteiger partial charge >= 0.3 is 5.69 Å². The summed E-state index contributed by atoms with van der Waals surface area (Å²) in [5.74, 6) is 0.0831. The number of fused-ring (bicyclic) bond motifs is 1. The predicted octanol–water partition coefficient (Wildman–Crippen LogP) is 4.70. The fourth-order valence-electron chi connectivity index (χ4n) is 4.40. The van der Waals surface area contributed by atoms with Gasteiger partial charge < -0.3 is 21.8 Å². The molecular weight excluding hydrogens is 517 g/mol. The summed E-state index contributed by atoms with van der Waals surface area (Å²) >= 11 is 6.22. The summed E-state index contributed by atoms with van der Waals surface area (Å²) < 4.78 is 16.5. The third kappa shape index (κ3) is 7.53. The third-order valence-electron chi connectivity index (χ3n) is 6.43. The molecule has 2 aromatic carbocycles. The van der Waals surface area contributed by atoms with Crippen LogP contribution in [0.3, 0.4) is 0 Å². The van der Waals surface area contributed by atoms with Crippen molar-refractivity contribution < 1.29 is 4.39 Å². The minimum Gasteiger partial charge on any atom is -0.388 e. The Morgan fingerprint density at radius 1 is 1.21 bits per heavy atom. The fourth-order valence-corrected chi connectivity index (χ4v) is 4.65. The maximum absolute atomic E-state index is 15.0. The second-order valence-corrected chi connectivity index (χ2v) is 10.3. The largest absolute Gasteiger partial charge is 0.388 e. The zero-order valence-electron chi connectivity index (χ0n) is 22.3. The molecule has 0 aliphatic carbocycles. The molecule has 10 heteroatoms. The number of halogens is 2. The molecule has 6 N–H and O–H groups in total. The number of aliphatic imine (C=N–C) groups is 1. The normalized spacial score (nSPS) is 12.8. The molecule has 0 saturated heterocycles. The van der Waals surface area contributed by atoms with Crippen molar-refractivity contribution in [2.45, 2.75) is 52.1 Å². The third-order valence-corrected chi connectivity index (χ3v) is 6.70. The number of nitrogens with one attached hydrogen (secondary N) is 2. The fraction of sp³-hybridized carbons (Fsp3) is 0.345. The van der Waals surface area contributed by atoms with Crippen LogP contribution in [-0.4, -0.2) is 39.5 Å². The van der Waals surface area contributed by atoms with Gasteiger partial charge in [0.05, 0.1) is 22.2 Å². The summed E-state index contributed by atoms with van der Waals surface area (Å²) in [5.41, 5.74) is 14.9. The molecular formula is C29H35ClFN7O. The van der Waals surface area contributed by atoms with Gasteiger partial charge in [0.25, 0.3) is 0 Å². The summed E-state index contributed by atoms with van der Waals surface area (Å²) in [6.45, 7) is 5.98. The molecule has 2 aromatic heterocycles. The first-order chi connectivity index (χ1) is 18.7. The molecule has 0 aliphatic heterocycles. The number of hydrogen-bond acceptors (Lipinski definition) is 5. The summed E-state index contributed by atoms with van der Waals surface area (Å²) in [5, 5.41) is 4.12. The molecule has 0 fully saturated rings. The zero-order chi connectivity index (χ0) is 27.9. The van der Waals surface area contributed by atoms with E-state index >= 15 is 4.39 Å². The maximum Gasteiger partial charge on any atom is 0.354 e.